The Bertz CT molecular complexity index is 1260. The van der Waals surface area contributed by atoms with E-state index in [-0.39, 0.29) is 18.0 Å². The Morgan fingerprint density at radius 3 is 2.50 bits per heavy atom. The zero-order chi connectivity index (χ0) is 21.3. The lowest BCUT2D eigenvalue weighted by Gasteiger charge is -2.23. The largest absolute Gasteiger partial charge is 0.306 e. The van der Waals surface area contributed by atoms with Crippen molar-refractivity contribution in [3.63, 3.8) is 0 Å². The second kappa shape index (κ2) is 8.23. The number of carbonyl (C=O) groups excluding carboxylic acids is 1. The van der Waals surface area contributed by atoms with Gasteiger partial charge in [0.2, 0.25) is 5.91 Å². The van der Waals surface area contributed by atoms with Gasteiger partial charge in [0.05, 0.1) is 6.54 Å². The first-order chi connectivity index (χ1) is 14.4. The molecule has 0 saturated carbocycles. The molecule has 2 aromatic carbocycles. The number of halogens is 1. The topological polar surface area (TPSA) is 73.0 Å². The quantitative estimate of drug-likeness (QED) is 0.452. The smallest absolute Gasteiger partial charge is 0.266 e. The number of nitrogens with zero attached hydrogens (tertiary/aromatic N) is 5. The van der Waals surface area contributed by atoms with Crippen LogP contribution in [0.3, 0.4) is 0 Å². The van der Waals surface area contributed by atoms with Gasteiger partial charge >= 0.3 is 0 Å². The third kappa shape index (κ3) is 3.91. The van der Waals surface area contributed by atoms with Crippen molar-refractivity contribution in [3.05, 3.63) is 87.0 Å². The van der Waals surface area contributed by atoms with Crippen molar-refractivity contribution < 1.29 is 4.79 Å². The zero-order valence-corrected chi connectivity index (χ0v) is 18.2. The summed E-state index contributed by atoms with van der Waals surface area (Å²) in [6, 6.07) is 17.5. The number of aryl methyl sites for hydroxylation is 2. The highest BCUT2D eigenvalue weighted by Crippen LogP contribution is 2.20. The summed E-state index contributed by atoms with van der Waals surface area (Å²) in [5, 5.41) is 4.54. The number of aromatic nitrogens is 4. The molecule has 0 atom stereocenters. The van der Waals surface area contributed by atoms with Crippen LogP contribution >= 0.6 is 15.9 Å². The van der Waals surface area contributed by atoms with Gasteiger partial charge in [-0.3, -0.25) is 14.2 Å². The summed E-state index contributed by atoms with van der Waals surface area (Å²) >= 11 is 3.30. The minimum Gasteiger partial charge on any atom is -0.306 e. The summed E-state index contributed by atoms with van der Waals surface area (Å²) in [6.45, 7) is 2.28. The van der Waals surface area contributed by atoms with Gasteiger partial charge in [0.1, 0.15) is 22.9 Å². The number of benzene rings is 2. The van der Waals surface area contributed by atoms with Crippen molar-refractivity contribution in [2.75, 3.05) is 4.90 Å². The second-order valence-electron chi connectivity index (χ2n) is 7.09. The van der Waals surface area contributed by atoms with Gasteiger partial charge in [-0.25, -0.2) is 9.67 Å². The van der Waals surface area contributed by atoms with Crippen molar-refractivity contribution in [1.29, 1.82) is 0 Å². The monoisotopic (exact) mass is 465 g/mol. The Kier molecular flexibility index (Phi) is 5.50. The van der Waals surface area contributed by atoms with Crippen molar-refractivity contribution in [2.24, 2.45) is 7.05 Å². The van der Waals surface area contributed by atoms with Crippen LogP contribution in [-0.2, 0) is 24.9 Å². The van der Waals surface area contributed by atoms with Gasteiger partial charge in [0.25, 0.3) is 5.56 Å². The number of carbonyl (C=O) groups is 1. The van der Waals surface area contributed by atoms with Crippen LogP contribution in [0.2, 0.25) is 0 Å². The minimum atomic E-state index is -0.308. The molecule has 0 aliphatic heterocycles. The maximum Gasteiger partial charge on any atom is 0.266 e. The maximum absolute atomic E-state index is 13.3. The lowest BCUT2D eigenvalue weighted by atomic mass is 10.1. The fourth-order valence-electron chi connectivity index (χ4n) is 3.29. The molecule has 0 spiro atoms. The molecule has 0 N–H and O–H groups in total. The molecule has 7 nitrogen and oxygen atoms in total. The van der Waals surface area contributed by atoms with Crippen molar-refractivity contribution in [2.45, 2.75) is 20.0 Å². The van der Waals surface area contributed by atoms with Gasteiger partial charge in [-0.2, -0.15) is 5.10 Å². The number of hydrogen-bond donors (Lipinski definition) is 0. The molecule has 0 unspecified atom stereocenters. The fraction of sp³-hybridized carbons (Fsp3) is 0.182. The van der Waals surface area contributed by atoms with Crippen LogP contribution in [0.5, 0.6) is 0 Å². The molecule has 0 fully saturated rings. The summed E-state index contributed by atoms with van der Waals surface area (Å²) in [5.74, 6) is -0.203. The van der Waals surface area contributed by atoms with E-state index in [2.05, 4.69) is 26.0 Å². The van der Waals surface area contributed by atoms with Gasteiger partial charge < -0.3 is 4.90 Å². The maximum atomic E-state index is 13.3. The van der Waals surface area contributed by atoms with Crippen molar-refractivity contribution >= 4 is 38.6 Å². The highest BCUT2D eigenvalue weighted by atomic mass is 79.9. The van der Waals surface area contributed by atoms with Crippen molar-refractivity contribution in [3.8, 4) is 0 Å². The highest BCUT2D eigenvalue weighted by Gasteiger charge is 2.20. The van der Waals surface area contributed by atoms with Crippen LogP contribution in [0.1, 0.15) is 11.1 Å². The lowest BCUT2D eigenvalue weighted by Crippen LogP contribution is -2.36. The normalized spacial score (nSPS) is 11.0. The van der Waals surface area contributed by atoms with Gasteiger partial charge in [0.15, 0.2) is 5.65 Å². The van der Waals surface area contributed by atoms with E-state index in [4.69, 9.17) is 0 Å². The van der Waals surface area contributed by atoms with Crippen LogP contribution in [0.25, 0.3) is 11.0 Å². The molecule has 4 rings (SSSR count). The van der Waals surface area contributed by atoms with E-state index < -0.39 is 0 Å². The average molecular weight is 466 g/mol. The van der Waals surface area contributed by atoms with E-state index in [1.54, 1.807) is 11.9 Å². The number of rotatable bonds is 5. The molecule has 2 heterocycles. The van der Waals surface area contributed by atoms with E-state index in [9.17, 15) is 9.59 Å². The Morgan fingerprint density at radius 1 is 1.10 bits per heavy atom. The predicted molar refractivity (Wildman–Crippen MR) is 119 cm³/mol. The molecule has 8 heteroatoms. The number of amides is 1. The number of hydrogen-bond acceptors (Lipinski definition) is 4. The van der Waals surface area contributed by atoms with Crippen LogP contribution in [0.4, 0.5) is 5.69 Å². The van der Waals surface area contributed by atoms with Gasteiger partial charge in [-0.05, 0) is 40.5 Å². The third-order valence-electron chi connectivity index (χ3n) is 4.90. The molecular formula is C22H20BrN5O2. The zero-order valence-electron chi connectivity index (χ0n) is 16.6. The molecule has 0 radical (unpaired) electrons. The minimum absolute atomic E-state index is 0.121. The summed E-state index contributed by atoms with van der Waals surface area (Å²) in [5.41, 5.74) is 3.05. The summed E-state index contributed by atoms with van der Waals surface area (Å²) in [6.07, 6.45) is 1.40. The molecular weight excluding hydrogens is 446 g/mol. The molecule has 0 bridgehead atoms. The van der Waals surface area contributed by atoms with E-state index in [0.717, 1.165) is 16.8 Å². The fourth-order valence-corrected chi connectivity index (χ4v) is 3.88. The molecule has 1 amide bonds. The SMILES string of the molecule is Cc1ccc(N(Cc2ccccc2)C(=O)Cn2cnc3c(c(Br)nn3C)c2=O)cc1. The third-order valence-corrected chi connectivity index (χ3v) is 5.46. The van der Waals surface area contributed by atoms with Crippen LogP contribution < -0.4 is 10.5 Å². The Morgan fingerprint density at radius 2 is 1.80 bits per heavy atom. The van der Waals surface area contributed by atoms with Gasteiger partial charge in [0, 0.05) is 12.7 Å². The first-order valence-corrected chi connectivity index (χ1v) is 10.2. The van der Waals surface area contributed by atoms with E-state index in [1.165, 1.54) is 15.6 Å². The molecule has 152 valence electrons. The molecule has 2 aromatic heterocycles. The lowest BCUT2D eigenvalue weighted by molar-refractivity contribution is -0.119. The van der Waals surface area contributed by atoms with E-state index >= 15 is 0 Å². The Balaban J connectivity index is 1.69. The first-order valence-electron chi connectivity index (χ1n) is 9.42. The molecule has 30 heavy (non-hydrogen) atoms. The second-order valence-corrected chi connectivity index (χ2v) is 7.84. The average Bonchev–Trinajstić information content (AvgIpc) is 3.03. The van der Waals surface area contributed by atoms with Crippen LogP contribution in [0.15, 0.2) is 70.3 Å². The molecule has 4 aromatic rings. The molecule has 0 aliphatic carbocycles. The van der Waals surface area contributed by atoms with Gasteiger partial charge in [-0.1, -0.05) is 48.0 Å². The molecule has 0 saturated heterocycles. The molecule has 0 aliphatic rings. The van der Waals surface area contributed by atoms with E-state index in [1.807, 2.05) is 61.5 Å². The first kappa shape index (κ1) is 20.0. The van der Waals surface area contributed by atoms with Crippen LogP contribution in [0, 0.1) is 6.92 Å². The van der Waals surface area contributed by atoms with Crippen LogP contribution in [-0.4, -0.2) is 25.2 Å². The highest BCUT2D eigenvalue weighted by molar-refractivity contribution is 9.10. The van der Waals surface area contributed by atoms with E-state index in [0.29, 0.717) is 22.2 Å². The van der Waals surface area contributed by atoms with Gasteiger partial charge in [-0.15, -0.1) is 0 Å². The number of fused-ring (bicyclic) bond motifs is 1. The number of anilines is 1. The Hall–Kier alpha value is -3.26. The summed E-state index contributed by atoms with van der Waals surface area (Å²) in [4.78, 5) is 32.2. The van der Waals surface area contributed by atoms with Crippen molar-refractivity contribution in [1.82, 2.24) is 19.3 Å². The standard InChI is InChI=1S/C22H20BrN5O2/c1-15-8-10-17(11-9-15)28(12-16-6-4-3-5-7-16)18(29)13-27-14-24-21-19(22(27)30)20(23)25-26(21)2/h3-11,14H,12-13H2,1-2H3. The summed E-state index contributed by atoms with van der Waals surface area (Å²) in [7, 11) is 1.72. The summed E-state index contributed by atoms with van der Waals surface area (Å²) < 4.78 is 3.27. The Labute approximate surface area is 181 Å². The predicted octanol–water partition coefficient (Wildman–Crippen LogP) is 3.43.